The molecular formula is C26H46O2. The maximum atomic E-state index is 10.6. The molecular weight excluding hydrogens is 344 g/mol. The van der Waals surface area contributed by atoms with Crippen molar-refractivity contribution >= 4 is 0 Å². The average Bonchev–Trinajstić information content (AvgIpc) is 2.92. The van der Waals surface area contributed by atoms with Crippen molar-refractivity contribution in [3.05, 3.63) is 11.6 Å². The Balaban J connectivity index is 0.00000225. The summed E-state index contributed by atoms with van der Waals surface area (Å²) in [4.78, 5) is 0. The molecule has 162 valence electrons. The van der Waals surface area contributed by atoms with Crippen LogP contribution in [0.5, 0.6) is 0 Å². The Morgan fingerprint density at radius 3 is 2.54 bits per heavy atom. The average molecular weight is 391 g/mol. The van der Waals surface area contributed by atoms with E-state index in [1.165, 1.54) is 51.4 Å². The topological polar surface area (TPSA) is 40.5 Å². The molecule has 0 aromatic carbocycles. The van der Waals surface area contributed by atoms with Gasteiger partial charge in [-0.15, -0.1) is 0 Å². The van der Waals surface area contributed by atoms with Crippen molar-refractivity contribution in [1.29, 1.82) is 0 Å². The third kappa shape index (κ3) is 3.62. The second-order valence-electron chi connectivity index (χ2n) is 11.5. The second-order valence-corrected chi connectivity index (χ2v) is 11.5. The Labute approximate surface area is 174 Å². The van der Waals surface area contributed by atoms with Gasteiger partial charge >= 0.3 is 0 Å². The first-order valence-corrected chi connectivity index (χ1v) is 11.8. The maximum absolute atomic E-state index is 10.6. The molecule has 4 rings (SSSR count). The SMILES string of the molecule is C.CC(O)CCCC1CCC2[C@@H]3CC=C4C[C@@](C)(O)CCC4(C)C3CCC12C. The normalized spacial score (nSPS) is 48.6. The number of allylic oxidation sites excluding steroid dienone is 1. The zero-order chi connectivity index (χ0) is 19.4. The lowest BCUT2D eigenvalue weighted by atomic mass is 9.46. The summed E-state index contributed by atoms with van der Waals surface area (Å²) in [6.45, 7) is 9.11. The van der Waals surface area contributed by atoms with Crippen LogP contribution in [0.4, 0.5) is 0 Å². The van der Waals surface area contributed by atoms with E-state index < -0.39 is 5.60 Å². The van der Waals surface area contributed by atoms with Crippen molar-refractivity contribution in [3.63, 3.8) is 0 Å². The summed E-state index contributed by atoms with van der Waals surface area (Å²) in [5.41, 5.74) is 1.97. The van der Waals surface area contributed by atoms with E-state index in [1.54, 1.807) is 5.57 Å². The van der Waals surface area contributed by atoms with Crippen LogP contribution in [-0.2, 0) is 0 Å². The Morgan fingerprint density at radius 1 is 1.07 bits per heavy atom. The largest absolute Gasteiger partial charge is 0.393 e. The van der Waals surface area contributed by atoms with Crippen molar-refractivity contribution in [2.24, 2.45) is 34.5 Å². The van der Waals surface area contributed by atoms with Gasteiger partial charge in [0.1, 0.15) is 0 Å². The standard InChI is InChI=1S/C25H42O2.CH4/c1-17(26)6-5-7-18-9-11-21-20-10-8-19-16-23(2,27)14-15-25(19,4)22(20)12-13-24(18,21)3;/h8,17-18,20-22,26-27H,5-7,9-16H2,1-4H3;1H4/t17?,18?,20-,21?,22?,23-,24?,25?;/m0./s1. The van der Waals surface area contributed by atoms with Crippen LogP contribution in [0.1, 0.15) is 106 Å². The molecule has 2 nitrogen and oxygen atoms in total. The van der Waals surface area contributed by atoms with E-state index >= 15 is 0 Å². The minimum absolute atomic E-state index is 0. The predicted octanol–water partition coefficient (Wildman–Crippen LogP) is 6.50. The number of hydrogen-bond acceptors (Lipinski definition) is 2. The summed E-state index contributed by atoms with van der Waals surface area (Å²) >= 11 is 0. The lowest BCUT2D eigenvalue weighted by molar-refractivity contribution is -0.0662. The third-order valence-electron chi connectivity index (χ3n) is 9.75. The summed E-state index contributed by atoms with van der Waals surface area (Å²) in [5, 5.41) is 20.2. The first-order valence-electron chi connectivity index (χ1n) is 11.8. The number of rotatable bonds is 4. The van der Waals surface area contributed by atoms with Crippen LogP contribution in [0, 0.1) is 34.5 Å². The summed E-state index contributed by atoms with van der Waals surface area (Å²) in [6.07, 6.45) is 15.8. The monoisotopic (exact) mass is 390 g/mol. The number of aliphatic hydroxyl groups is 2. The number of hydrogen-bond donors (Lipinski definition) is 2. The highest BCUT2D eigenvalue weighted by Crippen LogP contribution is 2.67. The number of fused-ring (bicyclic) bond motifs is 5. The summed E-state index contributed by atoms with van der Waals surface area (Å²) < 4.78 is 0. The van der Waals surface area contributed by atoms with Gasteiger partial charge in [0.05, 0.1) is 11.7 Å². The minimum atomic E-state index is -0.482. The van der Waals surface area contributed by atoms with E-state index in [9.17, 15) is 10.2 Å². The van der Waals surface area contributed by atoms with Crippen molar-refractivity contribution in [2.75, 3.05) is 0 Å². The molecule has 28 heavy (non-hydrogen) atoms. The van der Waals surface area contributed by atoms with Crippen molar-refractivity contribution < 1.29 is 10.2 Å². The first-order chi connectivity index (χ1) is 12.7. The van der Waals surface area contributed by atoms with Crippen LogP contribution in [0.15, 0.2) is 11.6 Å². The molecule has 4 aliphatic rings. The predicted molar refractivity (Wildman–Crippen MR) is 118 cm³/mol. The Morgan fingerprint density at radius 2 is 1.82 bits per heavy atom. The van der Waals surface area contributed by atoms with Crippen LogP contribution >= 0.6 is 0 Å². The molecule has 2 heteroatoms. The molecule has 3 saturated carbocycles. The van der Waals surface area contributed by atoms with E-state index in [4.69, 9.17) is 0 Å². The highest BCUT2D eigenvalue weighted by atomic mass is 16.3. The highest BCUT2D eigenvalue weighted by Gasteiger charge is 2.58. The molecule has 0 bridgehead atoms. The molecule has 0 aromatic rings. The maximum Gasteiger partial charge on any atom is 0.0657 e. The van der Waals surface area contributed by atoms with Gasteiger partial charge < -0.3 is 10.2 Å². The molecule has 0 aromatic heterocycles. The van der Waals surface area contributed by atoms with E-state index in [0.29, 0.717) is 10.8 Å². The van der Waals surface area contributed by atoms with E-state index in [1.807, 2.05) is 13.8 Å². The molecule has 6 unspecified atom stereocenters. The van der Waals surface area contributed by atoms with Crippen LogP contribution < -0.4 is 0 Å². The molecule has 0 spiro atoms. The second kappa shape index (κ2) is 7.73. The van der Waals surface area contributed by atoms with Crippen LogP contribution in [0.2, 0.25) is 0 Å². The highest BCUT2D eigenvalue weighted by molar-refractivity contribution is 5.26. The van der Waals surface area contributed by atoms with Gasteiger partial charge in [0.15, 0.2) is 0 Å². The van der Waals surface area contributed by atoms with Crippen molar-refractivity contribution in [2.45, 2.75) is 117 Å². The first kappa shape index (κ1) is 22.3. The third-order valence-corrected chi connectivity index (χ3v) is 9.75. The molecule has 0 amide bonds. The summed E-state index contributed by atoms with van der Waals surface area (Å²) in [6, 6.07) is 0. The van der Waals surface area contributed by atoms with Gasteiger partial charge in [0, 0.05) is 0 Å². The van der Waals surface area contributed by atoms with E-state index in [0.717, 1.165) is 42.9 Å². The van der Waals surface area contributed by atoms with Gasteiger partial charge in [0.25, 0.3) is 0 Å². The Bertz CT molecular complexity index is 591. The molecule has 3 fully saturated rings. The summed E-state index contributed by atoms with van der Waals surface area (Å²) in [7, 11) is 0. The smallest absolute Gasteiger partial charge is 0.0657 e. The summed E-state index contributed by atoms with van der Waals surface area (Å²) in [5.74, 6) is 3.46. The van der Waals surface area contributed by atoms with Crippen molar-refractivity contribution in [1.82, 2.24) is 0 Å². The van der Waals surface area contributed by atoms with E-state index in [2.05, 4.69) is 19.9 Å². The fourth-order valence-corrected chi connectivity index (χ4v) is 8.05. The fraction of sp³-hybridized carbons (Fsp3) is 0.923. The lowest BCUT2D eigenvalue weighted by Gasteiger charge is -2.59. The molecule has 4 aliphatic carbocycles. The van der Waals surface area contributed by atoms with E-state index in [-0.39, 0.29) is 13.5 Å². The van der Waals surface area contributed by atoms with Crippen LogP contribution in [0.25, 0.3) is 0 Å². The van der Waals surface area contributed by atoms with Gasteiger partial charge in [0.2, 0.25) is 0 Å². The molecule has 2 N–H and O–H groups in total. The quantitative estimate of drug-likeness (QED) is 0.538. The van der Waals surface area contributed by atoms with Crippen molar-refractivity contribution in [3.8, 4) is 0 Å². The molecule has 0 heterocycles. The molecule has 8 atom stereocenters. The van der Waals surface area contributed by atoms with Gasteiger partial charge in [-0.05, 0) is 113 Å². The fourth-order valence-electron chi connectivity index (χ4n) is 8.05. The van der Waals surface area contributed by atoms with Crippen LogP contribution in [-0.4, -0.2) is 21.9 Å². The lowest BCUT2D eigenvalue weighted by Crippen LogP contribution is -2.51. The Kier molecular flexibility index (Phi) is 6.17. The molecule has 0 radical (unpaired) electrons. The van der Waals surface area contributed by atoms with Gasteiger partial charge in [-0.1, -0.05) is 39.3 Å². The van der Waals surface area contributed by atoms with Gasteiger partial charge in [-0.2, -0.15) is 0 Å². The zero-order valence-corrected chi connectivity index (χ0v) is 18.1. The molecule has 0 aliphatic heterocycles. The van der Waals surface area contributed by atoms with Gasteiger partial charge in [-0.25, -0.2) is 0 Å². The van der Waals surface area contributed by atoms with Crippen LogP contribution in [0.3, 0.4) is 0 Å². The minimum Gasteiger partial charge on any atom is -0.393 e. The Hall–Kier alpha value is -0.340. The molecule has 0 saturated heterocycles. The number of aliphatic hydroxyl groups excluding tert-OH is 1. The van der Waals surface area contributed by atoms with Gasteiger partial charge in [-0.3, -0.25) is 0 Å². The zero-order valence-electron chi connectivity index (χ0n) is 18.1.